The van der Waals surface area contributed by atoms with E-state index in [0.717, 1.165) is 33.4 Å². The van der Waals surface area contributed by atoms with Crippen molar-refractivity contribution in [2.24, 2.45) is 5.18 Å². The van der Waals surface area contributed by atoms with Crippen molar-refractivity contribution in [3.05, 3.63) is 124 Å². The average molecular weight is 471 g/mol. The monoisotopic (exact) mass is 470 g/mol. The van der Waals surface area contributed by atoms with Gasteiger partial charge in [-0.3, -0.25) is 4.98 Å². The number of aromatic nitrogens is 1. The summed E-state index contributed by atoms with van der Waals surface area (Å²) in [5.41, 5.74) is 6.20. The summed E-state index contributed by atoms with van der Waals surface area (Å²) in [6.07, 6.45) is 5.11. The minimum Gasteiger partial charge on any atom is -0.265 e. The second-order valence-electron chi connectivity index (χ2n) is 8.47. The van der Waals surface area contributed by atoms with Crippen LogP contribution in [0.3, 0.4) is 0 Å². The molecule has 34 heavy (non-hydrogen) atoms. The Kier molecular flexibility index (Phi) is 6.98. The zero-order valence-electron chi connectivity index (χ0n) is 19.1. The number of hydrogen-bond acceptors (Lipinski definition) is 5. The first-order valence-corrected chi connectivity index (χ1v) is 12.9. The van der Waals surface area contributed by atoms with Crippen LogP contribution in [0.5, 0.6) is 0 Å². The van der Waals surface area contributed by atoms with E-state index in [4.69, 9.17) is 0 Å². The van der Waals surface area contributed by atoms with Gasteiger partial charge in [0.1, 0.15) is 6.04 Å². The number of benzene rings is 3. The summed E-state index contributed by atoms with van der Waals surface area (Å²) >= 11 is 0. The summed E-state index contributed by atoms with van der Waals surface area (Å²) < 4.78 is 23.5. The molecule has 0 amide bonds. The van der Waals surface area contributed by atoms with E-state index in [1.807, 2.05) is 48.5 Å². The Morgan fingerprint density at radius 2 is 1.38 bits per heavy atom. The molecule has 1 aromatic heterocycles. The van der Waals surface area contributed by atoms with Gasteiger partial charge in [-0.15, -0.1) is 0 Å². The standard InChI is InChI=1S/C28H26N2O3S/c1-20-5-3-4-6-26(20)27(19-28(30-31)24-15-17-29-18-16-24)23-9-7-21(8-10-23)22-11-13-25(14-12-22)34(2,32)33/h3-18,27-28H,19H2,1-2H3. The SMILES string of the molecule is Cc1ccccc1C(CC(N=O)c1ccncc1)c1ccc(-c2ccc(S(C)(=O)=O)cc2)cc1. The Hall–Kier alpha value is -3.64. The number of rotatable bonds is 8. The summed E-state index contributed by atoms with van der Waals surface area (Å²) in [6.45, 7) is 2.08. The highest BCUT2D eigenvalue weighted by Crippen LogP contribution is 2.37. The molecule has 2 unspecified atom stereocenters. The summed E-state index contributed by atoms with van der Waals surface area (Å²) in [4.78, 5) is 16.2. The fourth-order valence-corrected chi connectivity index (χ4v) is 4.90. The van der Waals surface area contributed by atoms with Crippen molar-refractivity contribution in [3.63, 3.8) is 0 Å². The average Bonchev–Trinajstić information content (AvgIpc) is 2.86. The van der Waals surface area contributed by atoms with Crippen LogP contribution >= 0.6 is 0 Å². The van der Waals surface area contributed by atoms with Gasteiger partial charge in [0.15, 0.2) is 9.84 Å². The number of nitroso groups, excluding NO2 is 1. The molecule has 0 saturated carbocycles. The zero-order valence-corrected chi connectivity index (χ0v) is 19.9. The number of pyridine rings is 1. The van der Waals surface area contributed by atoms with Crippen LogP contribution in [0.4, 0.5) is 0 Å². The third-order valence-electron chi connectivity index (χ3n) is 6.17. The molecule has 172 valence electrons. The maximum Gasteiger partial charge on any atom is 0.175 e. The van der Waals surface area contributed by atoms with Crippen LogP contribution in [0.15, 0.2) is 107 Å². The molecule has 0 spiro atoms. The zero-order chi connectivity index (χ0) is 24.1. The lowest BCUT2D eigenvalue weighted by molar-refractivity contribution is 0.592. The Bertz CT molecular complexity index is 1370. The molecule has 0 aliphatic rings. The maximum absolute atomic E-state index is 11.8. The Labute approximate surface area is 200 Å². The third-order valence-corrected chi connectivity index (χ3v) is 7.30. The first-order valence-electron chi connectivity index (χ1n) is 11.0. The topological polar surface area (TPSA) is 76.5 Å². The summed E-state index contributed by atoms with van der Waals surface area (Å²) in [5.74, 6) is -0.0151. The smallest absolute Gasteiger partial charge is 0.175 e. The summed E-state index contributed by atoms with van der Waals surface area (Å²) in [5, 5.41) is 3.45. The van der Waals surface area contributed by atoms with Gasteiger partial charge in [-0.25, -0.2) is 8.42 Å². The van der Waals surface area contributed by atoms with Crippen LogP contribution in [0.25, 0.3) is 11.1 Å². The van der Waals surface area contributed by atoms with E-state index in [0.29, 0.717) is 11.3 Å². The molecule has 5 nitrogen and oxygen atoms in total. The van der Waals surface area contributed by atoms with Crippen LogP contribution in [-0.2, 0) is 9.84 Å². The molecular weight excluding hydrogens is 444 g/mol. The van der Waals surface area contributed by atoms with Crippen molar-refractivity contribution in [3.8, 4) is 11.1 Å². The minimum absolute atomic E-state index is 0.0151. The molecule has 0 fully saturated rings. The van der Waals surface area contributed by atoms with Crippen molar-refractivity contribution < 1.29 is 8.42 Å². The van der Waals surface area contributed by atoms with E-state index in [9.17, 15) is 13.3 Å². The first-order chi connectivity index (χ1) is 16.4. The number of nitrogens with zero attached hydrogens (tertiary/aromatic N) is 2. The Morgan fingerprint density at radius 3 is 1.94 bits per heavy atom. The summed E-state index contributed by atoms with van der Waals surface area (Å²) in [6, 6.07) is 26.5. The van der Waals surface area contributed by atoms with Gasteiger partial charge in [-0.05, 0) is 71.0 Å². The maximum atomic E-state index is 11.8. The van der Waals surface area contributed by atoms with E-state index in [1.54, 1.807) is 24.5 Å². The van der Waals surface area contributed by atoms with Crippen LogP contribution < -0.4 is 0 Å². The lowest BCUT2D eigenvalue weighted by Crippen LogP contribution is -2.08. The molecule has 0 aliphatic heterocycles. The molecule has 6 heteroatoms. The van der Waals surface area contributed by atoms with Crippen molar-refractivity contribution in [2.45, 2.75) is 30.2 Å². The predicted octanol–water partition coefficient (Wildman–Crippen LogP) is 6.49. The molecular formula is C28H26N2O3S. The van der Waals surface area contributed by atoms with Gasteiger partial charge in [0, 0.05) is 24.6 Å². The number of aryl methyl sites for hydroxylation is 1. The molecule has 0 aliphatic carbocycles. The van der Waals surface area contributed by atoms with Gasteiger partial charge in [0.25, 0.3) is 0 Å². The van der Waals surface area contributed by atoms with E-state index in [1.165, 1.54) is 6.26 Å². The molecule has 4 aromatic rings. The minimum atomic E-state index is -3.23. The normalized spacial score (nSPS) is 13.2. The van der Waals surface area contributed by atoms with E-state index in [-0.39, 0.29) is 5.92 Å². The van der Waals surface area contributed by atoms with Crippen molar-refractivity contribution >= 4 is 9.84 Å². The van der Waals surface area contributed by atoms with Crippen molar-refractivity contribution in [1.82, 2.24) is 4.98 Å². The molecule has 0 bridgehead atoms. The van der Waals surface area contributed by atoms with Crippen molar-refractivity contribution in [2.75, 3.05) is 6.26 Å². The molecule has 0 saturated heterocycles. The number of hydrogen-bond donors (Lipinski definition) is 0. The van der Waals surface area contributed by atoms with Gasteiger partial charge in [0.05, 0.1) is 4.90 Å². The second kappa shape index (κ2) is 10.1. The lowest BCUT2D eigenvalue weighted by atomic mass is 9.82. The highest BCUT2D eigenvalue weighted by Gasteiger charge is 2.23. The largest absolute Gasteiger partial charge is 0.265 e. The van der Waals surface area contributed by atoms with E-state index in [2.05, 4.69) is 41.4 Å². The van der Waals surface area contributed by atoms with Crippen LogP contribution in [0.2, 0.25) is 0 Å². The fourth-order valence-electron chi connectivity index (χ4n) is 4.27. The molecule has 2 atom stereocenters. The summed E-state index contributed by atoms with van der Waals surface area (Å²) in [7, 11) is -3.23. The highest BCUT2D eigenvalue weighted by atomic mass is 32.2. The van der Waals surface area contributed by atoms with Gasteiger partial charge in [0.2, 0.25) is 0 Å². The molecule has 0 radical (unpaired) electrons. The van der Waals surface area contributed by atoms with Gasteiger partial charge >= 0.3 is 0 Å². The Balaban J connectivity index is 1.68. The van der Waals surface area contributed by atoms with Gasteiger partial charge < -0.3 is 0 Å². The molecule has 4 rings (SSSR count). The Morgan fingerprint density at radius 1 is 0.794 bits per heavy atom. The lowest BCUT2D eigenvalue weighted by Gasteiger charge is -2.23. The molecule has 3 aromatic carbocycles. The van der Waals surface area contributed by atoms with Crippen molar-refractivity contribution in [1.29, 1.82) is 0 Å². The van der Waals surface area contributed by atoms with Crippen LogP contribution in [-0.4, -0.2) is 19.7 Å². The van der Waals surface area contributed by atoms with Gasteiger partial charge in [-0.1, -0.05) is 65.8 Å². The van der Waals surface area contributed by atoms with Gasteiger partial charge in [-0.2, -0.15) is 4.91 Å². The second-order valence-corrected chi connectivity index (χ2v) is 10.5. The predicted molar refractivity (Wildman–Crippen MR) is 135 cm³/mol. The third kappa shape index (κ3) is 5.29. The molecule has 0 N–H and O–H groups in total. The van der Waals surface area contributed by atoms with Crippen LogP contribution in [0, 0.1) is 11.8 Å². The molecule has 1 heterocycles. The van der Waals surface area contributed by atoms with E-state index >= 15 is 0 Å². The van der Waals surface area contributed by atoms with E-state index < -0.39 is 15.9 Å². The fraction of sp³-hybridized carbons (Fsp3) is 0.179. The number of sulfone groups is 1. The highest BCUT2D eigenvalue weighted by molar-refractivity contribution is 7.90. The first kappa shape index (κ1) is 23.5. The quantitative estimate of drug-likeness (QED) is 0.276. The van der Waals surface area contributed by atoms with Crippen LogP contribution in [0.1, 0.15) is 40.6 Å².